The molecule has 2 aromatic carbocycles. The van der Waals surface area contributed by atoms with Crippen molar-refractivity contribution < 1.29 is 19.1 Å². The standard InChI is InChI=1S/C20H23N3O4.ClH/c1-13(24)15-6-5-7-16(12-15)27-14(2)19(25)23-18-9-4-3-8-17(18)20(26)22-11-10-21;/h3-9,12,14H,10-11,21H2,1-2H3,(H,22,26)(H,23,25);1H. The van der Waals surface area contributed by atoms with Crippen molar-refractivity contribution in [2.45, 2.75) is 20.0 Å². The van der Waals surface area contributed by atoms with Crippen LogP contribution in [-0.2, 0) is 4.79 Å². The summed E-state index contributed by atoms with van der Waals surface area (Å²) in [5, 5.41) is 5.37. The number of Topliss-reactive ketones (excluding diaryl/α,β-unsaturated/α-hetero) is 1. The Hall–Kier alpha value is -2.90. The van der Waals surface area contributed by atoms with Gasteiger partial charge in [0.05, 0.1) is 11.3 Å². The van der Waals surface area contributed by atoms with E-state index in [9.17, 15) is 14.4 Å². The zero-order valence-corrected chi connectivity index (χ0v) is 16.5. The average Bonchev–Trinajstić information content (AvgIpc) is 2.66. The fourth-order valence-electron chi connectivity index (χ4n) is 2.35. The Morgan fingerprint density at radius 3 is 2.50 bits per heavy atom. The first-order valence-corrected chi connectivity index (χ1v) is 8.58. The number of carbonyl (C=O) groups excluding carboxylic acids is 3. The molecular weight excluding hydrogens is 382 g/mol. The summed E-state index contributed by atoms with van der Waals surface area (Å²) in [6.45, 7) is 3.71. The van der Waals surface area contributed by atoms with Crippen LogP contribution in [0.25, 0.3) is 0 Å². The monoisotopic (exact) mass is 405 g/mol. The van der Waals surface area contributed by atoms with Gasteiger partial charge in [-0.15, -0.1) is 12.4 Å². The molecule has 2 rings (SSSR count). The van der Waals surface area contributed by atoms with Gasteiger partial charge in [-0.1, -0.05) is 24.3 Å². The Labute approximate surface area is 170 Å². The number of nitrogens with one attached hydrogen (secondary N) is 2. The first kappa shape index (κ1) is 23.1. The second kappa shape index (κ2) is 11.1. The van der Waals surface area contributed by atoms with Crippen LogP contribution in [0.3, 0.4) is 0 Å². The lowest BCUT2D eigenvalue weighted by atomic mass is 10.1. The molecule has 4 N–H and O–H groups in total. The molecule has 0 saturated carbocycles. The van der Waals surface area contributed by atoms with E-state index in [2.05, 4.69) is 10.6 Å². The molecule has 0 aliphatic rings. The van der Waals surface area contributed by atoms with E-state index in [0.717, 1.165) is 0 Å². The lowest BCUT2D eigenvalue weighted by molar-refractivity contribution is -0.122. The second-order valence-corrected chi connectivity index (χ2v) is 5.92. The Balaban J connectivity index is 0.00000392. The van der Waals surface area contributed by atoms with Crippen molar-refractivity contribution in [3.63, 3.8) is 0 Å². The Morgan fingerprint density at radius 2 is 1.82 bits per heavy atom. The van der Waals surface area contributed by atoms with E-state index >= 15 is 0 Å². The molecule has 0 aliphatic carbocycles. The molecule has 28 heavy (non-hydrogen) atoms. The summed E-state index contributed by atoms with van der Waals surface area (Å²) in [7, 11) is 0. The molecule has 2 amide bonds. The number of hydrogen-bond acceptors (Lipinski definition) is 5. The van der Waals surface area contributed by atoms with Crippen molar-refractivity contribution in [2.75, 3.05) is 18.4 Å². The molecule has 150 valence electrons. The summed E-state index contributed by atoms with van der Waals surface area (Å²) >= 11 is 0. The van der Waals surface area contributed by atoms with Crippen LogP contribution in [0.4, 0.5) is 5.69 Å². The van der Waals surface area contributed by atoms with Gasteiger partial charge in [0, 0.05) is 18.7 Å². The quantitative estimate of drug-likeness (QED) is 0.584. The van der Waals surface area contributed by atoms with Crippen LogP contribution < -0.4 is 21.1 Å². The van der Waals surface area contributed by atoms with Gasteiger partial charge in [-0.2, -0.15) is 0 Å². The van der Waals surface area contributed by atoms with Gasteiger partial charge < -0.3 is 21.1 Å². The summed E-state index contributed by atoms with van der Waals surface area (Å²) in [5.74, 6) is -0.407. The first-order valence-electron chi connectivity index (χ1n) is 8.58. The number of rotatable bonds is 8. The highest BCUT2D eigenvalue weighted by atomic mass is 35.5. The molecule has 2 aromatic rings. The number of amides is 2. The number of anilines is 1. The first-order chi connectivity index (χ1) is 12.9. The van der Waals surface area contributed by atoms with Crippen molar-refractivity contribution in [2.24, 2.45) is 5.73 Å². The van der Waals surface area contributed by atoms with Crippen molar-refractivity contribution in [1.29, 1.82) is 0 Å². The van der Waals surface area contributed by atoms with E-state index in [1.165, 1.54) is 6.92 Å². The maximum absolute atomic E-state index is 12.5. The van der Waals surface area contributed by atoms with Gasteiger partial charge in [0.25, 0.3) is 11.8 Å². The van der Waals surface area contributed by atoms with Gasteiger partial charge in [-0.05, 0) is 38.1 Å². The molecule has 0 saturated heterocycles. The van der Waals surface area contributed by atoms with Crippen molar-refractivity contribution in [3.05, 3.63) is 59.7 Å². The molecule has 0 radical (unpaired) electrons. The number of ketones is 1. The third-order valence-electron chi connectivity index (χ3n) is 3.78. The molecule has 0 fully saturated rings. The van der Waals surface area contributed by atoms with Crippen LogP contribution in [0.15, 0.2) is 48.5 Å². The highest BCUT2D eigenvalue weighted by Gasteiger charge is 2.18. The molecule has 0 spiro atoms. The second-order valence-electron chi connectivity index (χ2n) is 5.92. The molecule has 0 heterocycles. The third-order valence-corrected chi connectivity index (χ3v) is 3.78. The maximum Gasteiger partial charge on any atom is 0.265 e. The summed E-state index contributed by atoms with van der Waals surface area (Å²) in [5.41, 5.74) is 6.61. The minimum atomic E-state index is -0.827. The minimum absolute atomic E-state index is 0. The molecule has 0 aromatic heterocycles. The van der Waals surface area contributed by atoms with Gasteiger partial charge in [0.15, 0.2) is 11.9 Å². The summed E-state index contributed by atoms with van der Waals surface area (Å²) in [6.07, 6.45) is -0.827. The number of ether oxygens (including phenoxy) is 1. The Kier molecular flexibility index (Phi) is 9.14. The number of benzene rings is 2. The number of nitrogens with two attached hydrogens (primary N) is 1. The smallest absolute Gasteiger partial charge is 0.265 e. The fraction of sp³-hybridized carbons (Fsp3) is 0.250. The predicted octanol–water partition coefficient (Wildman–Crippen LogP) is 2.41. The normalized spacial score (nSPS) is 11.0. The van der Waals surface area contributed by atoms with E-state index in [1.54, 1.807) is 55.5 Å². The van der Waals surface area contributed by atoms with Gasteiger partial charge >= 0.3 is 0 Å². The number of hydrogen-bond donors (Lipinski definition) is 3. The molecule has 8 heteroatoms. The number of para-hydroxylation sites is 1. The van der Waals surface area contributed by atoms with E-state index in [-0.39, 0.29) is 24.1 Å². The molecule has 1 atom stereocenters. The number of halogens is 1. The summed E-state index contributed by atoms with van der Waals surface area (Å²) in [4.78, 5) is 36.1. The van der Waals surface area contributed by atoms with Crippen LogP contribution in [0.5, 0.6) is 5.75 Å². The summed E-state index contributed by atoms with van der Waals surface area (Å²) < 4.78 is 5.62. The highest BCUT2D eigenvalue weighted by Crippen LogP contribution is 2.18. The minimum Gasteiger partial charge on any atom is -0.481 e. The van der Waals surface area contributed by atoms with Crippen molar-refractivity contribution in [1.82, 2.24) is 5.32 Å². The SMILES string of the molecule is CC(=O)c1cccc(OC(C)C(=O)Nc2ccccc2C(=O)NCCN)c1.Cl. The third kappa shape index (κ3) is 6.37. The van der Waals surface area contributed by atoms with Crippen LogP contribution in [0, 0.1) is 0 Å². The zero-order valence-electron chi connectivity index (χ0n) is 15.7. The van der Waals surface area contributed by atoms with E-state index < -0.39 is 12.0 Å². The maximum atomic E-state index is 12.5. The number of carbonyl (C=O) groups is 3. The predicted molar refractivity (Wildman–Crippen MR) is 110 cm³/mol. The van der Waals surface area contributed by atoms with E-state index in [1.807, 2.05) is 0 Å². The Bertz CT molecular complexity index is 842. The summed E-state index contributed by atoms with van der Waals surface area (Å²) in [6, 6.07) is 13.3. The van der Waals surface area contributed by atoms with E-state index in [0.29, 0.717) is 35.7 Å². The Morgan fingerprint density at radius 1 is 1.11 bits per heavy atom. The van der Waals surface area contributed by atoms with Crippen LogP contribution in [-0.4, -0.2) is 36.8 Å². The molecule has 0 bridgehead atoms. The lowest BCUT2D eigenvalue weighted by Gasteiger charge is -2.16. The van der Waals surface area contributed by atoms with Crippen LogP contribution in [0.2, 0.25) is 0 Å². The van der Waals surface area contributed by atoms with Crippen molar-refractivity contribution >= 4 is 35.7 Å². The van der Waals surface area contributed by atoms with Gasteiger partial charge in [0.2, 0.25) is 0 Å². The van der Waals surface area contributed by atoms with Crippen LogP contribution in [0.1, 0.15) is 34.6 Å². The van der Waals surface area contributed by atoms with Gasteiger partial charge in [-0.25, -0.2) is 0 Å². The largest absolute Gasteiger partial charge is 0.481 e. The molecule has 7 nitrogen and oxygen atoms in total. The van der Waals surface area contributed by atoms with Crippen molar-refractivity contribution in [3.8, 4) is 5.75 Å². The van der Waals surface area contributed by atoms with Crippen LogP contribution >= 0.6 is 12.4 Å². The average molecular weight is 406 g/mol. The van der Waals surface area contributed by atoms with E-state index in [4.69, 9.17) is 10.5 Å². The van der Waals surface area contributed by atoms with Gasteiger partial charge in [0.1, 0.15) is 5.75 Å². The topological polar surface area (TPSA) is 111 Å². The highest BCUT2D eigenvalue weighted by molar-refractivity contribution is 6.04. The zero-order chi connectivity index (χ0) is 19.8. The lowest BCUT2D eigenvalue weighted by Crippen LogP contribution is -2.33. The molecular formula is C20H24ClN3O4. The van der Waals surface area contributed by atoms with Gasteiger partial charge in [-0.3, -0.25) is 14.4 Å². The molecule has 1 unspecified atom stereocenters. The fourth-order valence-corrected chi connectivity index (χ4v) is 2.35. The molecule has 0 aliphatic heterocycles.